The Morgan fingerprint density at radius 2 is 2.00 bits per heavy atom. The number of hydrogen-bond acceptors (Lipinski definition) is 6. The molecule has 0 bridgehead atoms. The summed E-state index contributed by atoms with van der Waals surface area (Å²) >= 11 is 1.03. The van der Waals surface area contributed by atoms with Crippen LogP contribution in [0.1, 0.15) is 25.7 Å². The maximum atomic E-state index is 13.8. The highest BCUT2D eigenvalue weighted by Gasteiger charge is 2.67. The van der Waals surface area contributed by atoms with E-state index >= 15 is 0 Å². The van der Waals surface area contributed by atoms with E-state index in [1.54, 1.807) is 29.9 Å². The van der Waals surface area contributed by atoms with Crippen LogP contribution < -0.4 is 5.01 Å². The highest BCUT2D eigenvalue weighted by molar-refractivity contribution is 7.14. The zero-order chi connectivity index (χ0) is 17.7. The normalized spacial score (nSPS) is 26.5. The summed E-state index contributed by atoms with van der Waals surface area (Å²) in [5, 5.41) is 17.1. The van der Waals surface area contributed by atoms with E-state index in [4.69, 9.17) is 0 Å². The fraction of sp³-hybridized carbons (Fsp3) is 0.438. The fourth-order valence-corrected chi connectivity index (χ4v) is 4.26. The molecule has 1 fully saturated rings. The van der Waals surface area contributed by atoms with E-state index in [0.717, 1.165) is 23.3 Å². The molecule has 0 amide bonds. The number of halogens is 3. The van der Waals surface area contributed by atoms with Gasteiger partial charge in [-0.1, -0.05) is 6.42 Å². The van der Waals surface area contributed by atoms with Gasteiger partial charge in [0, 0.05) is 29.0 Å². The Bertz CT molecular complexity index is 807. The number of anilines is 1. The Morgan fingerprint density at radius 1 is 1.24 bits per heavy atom. The van der Waals surface area contributed by atoms with E-state index in [-0.39, 0.29) is 11.6 Å². The van der Waals surface area contributed by atoms with Crippen LogP contribution in [0, 0.1) is 5.92 Å². The summed E-state index contributed by atoms with van der Waals surface area (Å²) in [7, 11) is 0. The summed E-state index contributed by atoms with van der Waals surface area (Å²) in [5.74, 6) is -1.03. The minimum absolute atomic E-state index is 0.0357. The number of aromatic nitrogens is 2. The zero-order valence-corrected chi connectivity index (χ0v) is 13.9. The number of rotatable bonds is 2. The second kappa shape index (κ2) is 5.77. The minimum Gasteiger partial charge on any atom is -0.362 e. The molecule has 1 saturated carbocycles. The van der Waals surface area contributed by atoms with E-state index < -0.39 is 17.8 Å². The molecule has 5 nitrogen and oxygen atoms in total. The lowest BCUT2D eigenvalue weighted by Gasteiger charge is -2.38. The molecule has 25 heavy (non-hydrogen) atoms. The maximum absolute atomic E-state index is 13.8. The molecule has 0 saturated heterocycles. The highest BCUT2D eigenvalue weighted by atomic mass is 32.1. The van der Waals surface area contributed by atoms with E-state index in [1.165, 1.54) is 0 Å². The largest absolute Gasteiger partial charge is 0.439 e. The molecule has 9 heteroatoms. The van der Waals surface area contributed by atoms with Crippen molar-refractivity contribution >= 4 is 22.2 Å². The summed E-state index contributed by atoms with van der Waals surface area (Å²) < 4.78 is 41.4. The third kappa shape index (κ3) is 2.53. The molecule has 0 spiro atoms. The molecule has 132 valence electrons. The number of hydrogen-bond donors (Lipinski definition) is 1. The van der Waals surface area contributed by atoms with E-state index in [2.05, 4.69) is 15.1 Å². The van der Waals surface area contributed by atoms with Crippen molar-refractivity contribution in [3.05, 3.63) is 29.9 Å². The Labute approximate surface area is 145 Å². The van der Waals surface area contributed by atoms with Crippen LogP contribution in [0.15, 0.2) is 35.0 Å². The smallest absolute Gasteiger partial charge is 0.362 e. The third-order valence-corrected chi connectivity index (χ3v) is 5.50. The maximum Gasteiger partial charge on any atom is 0.439 e. The Morgan fingerprint density at radius 3 is 2.72 bits per heavy atom. The SMILES string of the molecule is O[C@@]1(C(F)(F)F)[C@H]2CCCCC2=NN1c1nc(-c2ccncc2)cs1. The van der Waals surface area contributed by atoms with Gasteiger partial charge in [0.15, 0.2) is 0 Å². The van der Waals surface area contributed by atoms with Gasteiger partial charge in [0.05, 0.1) is 11.6 Å². The quantitative estimate of drug-likeness (QED) is 0.875. The molecule has 0 radical (unpaired) electrons. The summed E-state index contributed by atoms with van der Waals surface area (Å²) in [6, 6.07) is 3.45. The first-order chi connectivity index (χ1) is 11.9. The highest BCUT2D eigenvalue weighted by Crippen LogP contribution is 2.50. The lowest BCUT2D eigenvalue weighted by molar-refractivity contribution is -0.269. The molecule has 4 rings (SSSR count). The van der Waals surface area contributed by atoms with Gasteiger partial charge in [-0.25, -0.2) is 4.98 Å². The molecule has 1 aliphatic carbocycles. The third-order valence-electron chi connectivity index (χ3n) is 4.68. The van der Waals surface area contributed by atoms with Crippen molar-refractivity contribution in [3.8, 4) is 11.3 Å². The average molecular weight is 368 g/mol. The Hall–Kier alpha value is -2.00. The van der Waals surface area contributed by atoms with Crippen molar-refractivity contribution < 1.29 is 18.3 Å². The van der Waals surface area contributed by atoms with Crippen LogP contribution in [0.25, 0.3) is 11.3 Å². The minimum atomic E-state index is -4.83. The molecule has 1 N–H and O–H groups in total. The van der Waals surface area contributed by atoms with Gasteiger partial charge in [-0.2, -0.15) is 23.3 Å². The number of aliphatic hydroxyl groups is 1. The molecule has 0 unspecified atom stereocenters. The first-order valence-corrected chi connectivity index (χ1v) is 8.82. The van der Waals surface area contributed by atoms with Crippen molar-refractivity contribution in [2.45, 2.75) is 37.6 Å². The van der Waals surface area contributed by atoms with Crippen molar-refractivity contribution in [1.29, 1.82) is 0 Å². The molecule has 3 heterocycles. The predicted octanol–water partition coefficient (Wildman–Crippen LogP) is 3.82. The number of nitrogens with zero attached hydrogens (tertiary/aromatic N) is 4. The molecular formula is C16H15F3N4OS. The second-order valence-corrected chi connectivity index (χ2v) is 7.01. The van der Waals surface area contributed by atoms with Crippen LogP contribution >= 0.6 is 11.3 Å². The van der Waals surface area contributed by atoms with Crippen LogP contribution in [0.5, 0.6) is 0 Å². The monoisotopic (exact) mass is 368 g/mol. The Kier molecular flexibility index (Phi) is 3.80. The van der Waals surface area contributed by atoms with Gasteiger partial charge in [-0.3, -0.25) is 4.98 Å². The number of thiazole rings is 1. The van der Waals surface area contributed by atoms with E-state index in [9.17, 15) is 18.3 Å². The lowest BCUT2D eigenvalue weighted by atomic mass is 9.80. The topological polar surface area (TPSA) is 61.6 Å². The predicted molar refractivity (Wildman–Crippen MR) is 88.2 cm³/mol. The first-order valence-electron chi connectivity index (χ1n) is 7.94. The fourth-order valence-electron chi connectivity index (χ4n) is 3.42. The average Bonchev–Trinajstić information content (AvgIpc) is 3.19. The van der Waals surface area contributed by atoms with Gasteiger partial charge in [0.25, 0.3) is 5.72 Å². The van der Waals surface area contributed by atoms with Gasteiger partial charge in [0.1, 0.15) is 0 Å². The zero-order valence-electron chi connectivity index (χ0n) is 13.1. The molecule has 2 atom stereocenters. The molecule has 2 aliphatic rings. The number of fused-ring (bicyclic) bond motifs is 1. The van der Waals surface area contributed by atoms with Gasteiger partial charge < -0.3 is 5.11 Å². The van der Waals surface area contributed by atoms with E-state index in [1.807, 2.05) is 0 Å². The van der Waals surface area contributed by atoms with Crippen LogP contribution in [0.3, 0.4) is 0 Å². The van der Waals surface area contributed by atoms with Gasteiger partial charge in [-0.05, 0) is 31.4 Å². The molecule has 2 aromatic rings. The number of hydrazone groups is 1. The lowest BCUT2D eigenvalue weighted by Crippen LogP contribution is -2.60. The van der Waals surface area contributed by atoms with Crippen molar-refractivity contribution in [1.82, 2.24) is 9.97 Å². The summed E-state index contributed by atoms with van der Waals surface area (Å²) in [6.07, 6.45) is 0.530. The van der Waals surface area contributed by atoms with Crippen LogP contribution in [0.4, 0.5) is 18.3 Å². The molecular weight excluding hydrogens is 353 g/mol. The number of alkyl halides is 3. The van der Waals surface area contributed by atoms with Crippen molar-refractivity contribution in [3.63, 3.8) is 0 Å². The van der Waals surface area contributed by atoms with E-state index in [0.29, 0.717) is 29.3 Å². The van der Waals surface area contributed by atoms with Crippen LogP contribution in [-0.2, 0) is 0 Å². The molecule has 2 aromatic heterocycles. The first kappa shape index (κ1) is 16.5. The van der Waals surface area contributed by atoms with Gasteiger partial charge >= 0.3 is 6.18 Å². The van der Waals surface area contributed by atoms with Crippen LogP contribution in [-0.4, -0.2) is 32.7 Å². The van der Waals surface area contributed by atoms with Crippen LogP contribution in [0.2, 0.25) is 0 Å². The molecule has 0 aromatic carbocycles. The summed E-state index contributed by atoms with van der Waals surface area (Å²) in [6.45, 7) is 0. The summed E-state index contributed by atoms with van der Waals surface area (Å²) in [5.41, 5.74) is -1.35. The Balaban J connectivity index is 1.75. The number of pyridine rings is 1. The van der Waals surface area contributed by atoms with Gasteiger partial charge in [0.2, 0.25) is 5.13 Å². The standard InChI is InChI=1S/C16H15F3N4OS/c17-16(18,19)15(24)11-3-1-2-4-12(11)22-23(15)14-21-13(9-25-14)10-5-7-20-8-6-10/h5-9,11,24H,1-4H2/t11-,15+/m0/s1. The van der Waals surface area contributed by atoms with Gasteiger partial charge in [-0.15, -0.1) is 11.3 Å². The summed E-state index contributed by atoms with van der Waals surface area (Å²) in [4.78, 5) is 8.19. The van der Waals surface area contributed by atoms with Crippen molar-refractivity contribution in [2.75, 3.05) is 5.01 Å². The second-order valence-electron chi connectivity index (χ2n) is 6.18. The molecule has 1 aliphatic heterocycles. The van der Waals surface area contributed by atoms with Crippen molar-refractivity contribution in [2.24, 2.45) is 11.0 Å².